The van der Waals surface area contributed by atoms with Gasteiger partial charge in [0.05, 0.1) is 22.6 Å². The summed E-state index contributed by atoms with van der Waals surface area (Å²) in [5.41, 5.74) is 1.18. The molecule has 0 unspecified atom stereocenters. The lowest BCUT2D eigenvalue weighted by Gasteiger charge is -2.14. The highest BCUT2D eigenvalue weighted by Gasteiger charge is 2.33. The van der Waals surface area contributed by atoms with Gasteiger partial charge in [-0.2, -0.15) is 0 Å². The Morgan fingerprint density at radius 1 is 1.27 bits per heavy atom. The third-order valence-electron chi connectivity index (χ3n) is 3.59. The number of amides is 1. The Labute approximate surface area is 167 Å². The number of nitrogens with zero attached hydrogens (tertiary/aromatic N) is 2. The predicted octanol–water partition coefficient (Wildman–Crippen LogP) is 4.77. The SMILES string of the molecule is COc1ccc(Br)cc1/C=C1/SC(=S)N(c2ccc([N+](=O)[O-])cc2)C1=O. The lowest BCUT2D eigenvalue weighted by molar-refractivity contribution is -0.384. The molecule has 1 saturated heterocycles. The standard InChI is InChI=1S/C17H11BrN2O4S2/c1-24-14-7-2-11(18)8-10(14)9-15-16(21)19(17(25)26-15)12-3-5-13(6-4-12)20(22)23/h2-9H,1H3/b15-9+. The molecule has 3 rings (SSSR count). The molecule has 26 heavy (non-hydrogen) atoms. The van der Waals surface area contributed by atoms with Crippen LogP contribution in [0.25, 0.3) is 6.08 Å². The number of anilines is 1. The molecule has 6 nitrogen and oxygen atoms in total. The Bertz CT molecular complexity index is 944. The van der Waals surface area contributed by atoms with Crippen LogP contribution < -0.4 is 9.64 Å². The molecular formula is C17H11BrN2O4S2. The van der Waals surface area contributed by atoms with Crippen molar-refractivity contribution < 1.29 is 14.5 Å². The van der Waals surface area contributed by atoms with Crippen LogP contribution in [0.3, 0.4) is 0 Å². The lowest BCUT2D eigenvalue weighted by atomic mass is 10.2. The monoisotopic (exact) mass is 450 g/mol. The van der Waals surface area contributed by atoms with Crippen molar-refractivity contribution >= 4 is 67.6 Å². The molecule has 132 valence electrons. The summed E-state index contributed by atoms with van der Waals surface area (Å²) < 4.78 is 6.55. The summed E-state index contributed by atoms with van der Waals surface area (Å²) in [4.78, 5) is 24.9. The number of nitro groups is 1. The van der Waals surface area contributed by atoms with Gasteiger partial charge in [-0.15, -0.1) is 0 Å². The summed E-state index contributed by atoms with van der Waals surface area (Å²) in [6.07, 6.45) is 1.72. The molecule has 1 amide bonds. The van der Waals surface area contributed by atoms with Gasteiger partial charge in [-0.05, 0) is 36.4 Å². The average Bonchev–Trinajstić information content (AvgIpc) is 2.89. The van der Waals surface area contributed by atoms with Crippen molar-refractivity contribution in [3.63, 3.8) is 0 Å². The first-order valence-electron chi connectivity index (χ1n) is 7.26. The number of rotatable bonds is 4. The summed E-state index contributed by atoms with van der Waals surface area (Å²) in [5, 5.41) is 10.8. The number of non-ortho nitro benzene ring substituents is 1. The number of hydrogen-bond acceptors (Lipinski definition) is 6. The van der Waals surface area contributed by atoms with Crippen LogP contribution in [0.2, 0.25) is 0 Å². The number of methoxy groups -OCH3 is 1. The van der Waals surface area contributed by atoms with Crippen LogP contribution in [0.4, 0.5) is 11.4 Å². The highest BCUT2D eigenvalue weighted by atomic mass is 79.9. The number of hydrogen-bond donors (Lipinski definition) is 0. The van der Waals surface area contributed by atoms with Crippen LogP contribution in [0.1, 0.15) is 5.56 Å². The highest BCUT2D eigenvalue weighted by Crippen LogP contribution is 2.38. The topological polar surface area (TPSA) is 72.7 Å². The van der Waals surface area contributed by atoms with E-state index in [0.717, 1.165) is 10.0 Å². The molecule has 0 aliphatic carbocycles. The van der Waals surface area contributed by atoms with E-state index < -0.39 is 4.92 Å². The number of nitro benzene ring substituents is 1. The minimum atomic E-state index is -0.493. The Hall–Kier alpha value is -2.23. The van der Waals surface area contributed by atoms with E-state index in [1.807, 2.05) is 12.1 Å². The molecule has 2 aromatic carbocycles. The first-order valence-corrected chi connectivity index (χ1v) is 9.28. The predicted molar refractivity (Wildman–Crippen MR) is 109 cm³/mol. The molecule has 1 aliphatic heterocycles. The average molecular weight is 451 g/mol. The van der Waals surface area contributed by atoms with E-state index in [9.17, 15) is 14.9 Å². The smallest absolute Gasteiger partial charge is 0.270 e. The third kappa shape index (κ3) is 3.64. The Kier molecular flexibility index (Phi) is 5.40. The first kappa shape index (κ1) is 18.6. The Morgan fingerprint density at radius 3 is 2.58 bits per heavy atom. The summed E-state index contributed by atoms with van der Waals surface area (Å²) in [6.45, 7) is 0. The van der Waals surface area contributed by atoms with Gasteiger partial charge in [-0.3, -0.25) is 19.8 Å². The van der Waals surface area contributed by atoms with E-state index in [-0.39, 0.29) is 11.6 Å². The molecule has 0 radical (unpaired) electrons. The van der Waals surface area contributed by atoms with Gasteiger partial charge < -0.3 is 4.74 Å². The fourth-order valence-corrected chi connectivity index (χ4v) is 4.04. The fraction of sp³-hybridized carbons (Fsp3) is 0.0588. The molecule has 0 saturated carbocycles. The zero-order valence-corrected chi connectivity index (χ0v) is 16.6. The third-order valence-corrected chi connectivity index (χ3v) is 5.39. The number of thioether (sulfide) groups is 1. The first-order chi connectivity index (χ1) is 12.4. The van der Waals surface area contributed by atoms with Gasteiger partial charge in [-0.1, -0.05) is 39.9 Å². The molecule has 1 fully saturated rings. The van der Waals surface area contributed by atoms with Gasteiger partial charge in [0.25, 0.3) is 11.6 Å². The normalized spacial score (nSPS) is 15.6. The van der Waals surface area contributed by atoms with Gasteiger partial charge in [-0.25, -0.2) is 0 Å². The second-order valence-electron chi connectivity index (χ2n) is 5.18. The number of carbonyl (C=O) groups excluding carboxylic acids is 1. The van der Waals surface area contributed by atoms with Crippen molar-refractivity contribution in [2.75, 3.05) is 12.0 Å². The maximum absolute atomic E-state index is 12.8. The van der Waals surface area contributed by atoms with E-state index >= 15 is 0 Å². The zero-order valence-electron chi connectivity index (χ0n) is 13.3. The molecule has 0 N–H and O–H groups in total. The van der Waals surface area contributed by atoms with E-state index in [4.69, 9.17) is 17.0 Å². The zero-order chi connectivity index (χ0) is 18.8. The molecule has 0 spiro atoms. The van der Waals surface area contributed by atoms with Gasteiger partial charge in [0.1, 0.15) is 5.75 Å². The number of carbonyl (C=O) groups is 1. The second-order valence-corrected chi connectivity index (χ2v) is 7.77. The van der Waals surface area contributed by atoms with E-state index in [2.05, 4.69) is 15.9 Å². The Balaban J connectivity index is 1.94. The number of thiocarbonyl (C=S) groups is 1. The molecule has 2 aromatic rings. The summed E-state index contributed by atoms with van der Waals surface area (Å²) in [7, 11) is 1.56. The van der Waals surface area contributed by atoms with Crippen LogP contribution in [0.5, 0.6) is 5.75 Å². The van der Waals surface area contributed by atoms with Crippen molar-refractivity contribution in [1.82, 2.24) is 0 Å². The van der Waals surface area contributed by atoms with Crippen molar-refractivity contribution in [3.8, 4) is 5.75 Å². The lowest BCUT2D eigenvalue weighted by Crippen LogP contribution is -2.27. The quantitative estimate of drug-likeness (QED) is 0.289. The highest BCUT2D eigenvalue weighted by molar-refractivity contribution is 9.10. The van der Waals surface area contributed by atoms with Crippen LogP contribution in [0.15, 0.2) is 51.8 Å². The number of ether oxygens (including phenoxy) is 1. The minimum Gasteiger partial charge on any atom is -0.496 e. The van der Waals surface area contributed by atoms with Crippen molar-refractivity contribution in [2.24, 2.45) is 0 Å². The molecule has 0 aromatic heterocycles. The molecule has 1 aliphatic rings. The molecule has 0 bridgehead atoms. The molecule has 0 atom stereocenters. The molecule has 1 heterocycles. The van der Waals surface area contributed by atoms with Crippen molar-refractivity contribution in [1.29, 1.82) is 0 Å². The maximum atomic E-state index is 12.8. The van der Waals surface area contributed by atoms with Gasteiger partial charge in [0.2, 0.25) is 0 Å². The maximum Gasteiger partial charge on any atom is 0.270 e. The number of halogens is 1. The Morgan fingerprint density at radius 2 is 1.96 bits per heavy atom. The van der Waals surface area contributed by atoms with Crippen LogP contribution in [0, 0.1) is 10.1 Å². The minimum absolute atomic E-state index is 0.0476. The van der Waals surface area contributed by atoms with Gasteiger partial charge >= 0.3 is 0 Å². The van der Waals surface area contributed by atoms with Crippen molar-refractivity contribution in [2.45, 2.75) is 0 Å². The second kappa shape index (κ2) is 7.56. The van der Waals surface area contributed by atoms with E-state index in [1.54, 1.807) is 19.3 Å². The van der Waals surface area contributed by atoms with Crippen LogP contribution in [-0.4, -0.2) is 22.3 Å². The van der Waals surface area contributed by atoms with Crippen molar-refractivity contribution in [3.05, 3.63) is 67.5 Å². The van der Waals surface area contributed by atoms with Crippen LogP contribution in [-0.2, 0) is 4.79 Å². The summed E-state index contributed by atoms with van der Waals surface area (Å²) in [6, 6.07) is 11.2. The van der Waals surface area contributed by atoms with Gasteiger partial charge in [0, 0.05) is 22.2 Å². The van der Waals surface area contributed by atoms with Gasteiger partial charge in [0.15, 0.2) is 4.32 Å². The molecule has 9 heteroatoms. The van der Waals surface area contributed by atoms with E-state index in [0.29, 0.717) is 20.7 Å². The fourth-order valence-electron chi connectivity index (χ4n) is 2.37. The largest absolute Gasteiger partial charge is 0.496 e. The molecular weight excluding hydrogens is 440 g/mol. The van der Waals surface area contributed by atoms with Crippen LogP contribution >= 0.6 is 39.9 Å². The summed E-state index contributed by atoms with van der Waals surface area (Å²) in [5.74, 6) is 0.352. The number of benzene rings is 2. The summed E-state index contributed by atoms with van der Waals surface area (Å²) >= 11 is 9.89. The van der Waals surface area contributed by atoms with E-state index in [1.165, 1.54) is 40.9 Å².